The van der Waals surface area contributed by atoms with E-state index >= 15 is 0 Å². The van der Waals surface area contributed by atoms with Gasteiger partial charge in [-0.3, -0.25) is 9.59 Å². The van der Waals surface area contributed by atoms with Gasteiger partial charge < -0.3 is 15.6 Å². The van der Waals surface area contributed by atoms with Crippen LogP contribution in [0.4, 0.5) is 10.8 Å². The maximum atomic E-state index is 12.4. The van der Waals surface area contributed by atoms with Crippen LogP contribution in [0.2, 0.25) is 0 Å². The Hall–Kier alpha value is -3.19. The van der Waals surface area contributed by atoms with Gasteiger partial charge in [0.2, 0.25) is 11.8 Å². The van der Waals surface area contributed by atoms with E-state index in [9.17, 15) is 9.59 Å². The van der Waals surface area contributed by atoms with E-state index in [1.54, 1.807) is 6.07 Å². The van der Waals surface area contributed by atoms with Crippen LogP contribution in [-0.4, -0.2) is 21.8 Å². The molecule has 0 aliphatic carbocycles. The maximum Gasteiger partial charge on any atom is 0.230 e. The van der Waals surface area contributed by atoms with Gasteiger partial charge >= 0.3 is 0 Å². The fraction of sp³-hybridized carbons (Fsp3) is 0.105. The first-order valence-electron chi connectivity index (χ1n) is 8.11. The van der Waals surface area contributed by atoms with Gasteiger partial charge in [0.25, 0.3) is 0 Å². The minimum Gasteiger partial charge on any atom is -0.361 e. The highest BCUT2D eigenvalue weighted by Crippen LogP contribution is 2.28. The minimum absolute atomic E-state index is 0.115. The molecule has 3 N–H and O–H groups in total. The third-order valence-corrected chi connectivity index (χ3v) is 4.91. The Morgan fingerprint density at radius 3 is 2.85 bits per heavy atom. The third kappa shape index (κ3) is 3.29. The molecule has 0 bridgehead atoms. The Bertz CT molecular complexity index is 1130. The molecule has 0 aliphatic heterocycles. The van der Waals surface area contributed by atoms with Crippen LogP contribution in [0, 0.1) is 0 Å². The van der Waals surface area contributed by atoms with Crippen LogP contribution >= 0.6 is 11.3 Å². The molecule has 0 fully saturated rings. The van der Waals surface area contributed by atoms with Crippen molar-refractivity contribution < 1.29 is 9.59 Å². The topological polar surface area (TPSA) is 86.9 Å². The van der Waals surface area contributed by atoms with Crippen LogP contribution in [-0.2, 0) is 16.0 Å². The number of aromatic amines is 1. The first kappa shape index (κ1) is 16.3. The summed E-state index contributed by atoms with van der Waals surface area (Å²) in [5.41, 5.74) is 3.46. The van der Waals surface area contributed by atoms with E-state index < -0.39 is 0 Å². The molecule has 7 heteroatoms. The number of hydrogen-bond acceptors (Lipinski definition) is 4. The summed E-state index contributed by atoms with van der Waals surface area (Å²) in [4.78, 5) is 31.2. The number of carbonyl (C=O) groups excluding carboxylic acids is 2. The molecule has 4 rings (SSSR count). The lowest BCUT2D eigenvalue weighted by molar-refractivity contribution is -0.116. The summed E-state index contributed by atoms with van der Waals surface area (Å²) >= 11 is 1.38. The van der Waals surface area contributed by atoms with Crippen LogP contribution < -0.4 is 10.6 Å². The van der Waals surface area contributed by atoms with Crippen molar-refractivity contribution in [2.45, 2.75) is 13.3 Å². The Labute approximate surface area is 153 Å². The van der Waals surface area contributed by atoms with Crippen molar-refractivity contribution >= 4 is 55.1 Å². The summed E-state index contributed by atoms with van der Waals surface area (Å²) in [5, 5.41) is 7.20. The number of nitrogens with one attached hydrogen (secondary N) is 3. The molecule has 0 unspecified atom stereocenters. The standard InChI is InChI=1S/C19H16N4O2S/c1-11(24)21-13-6-7-16-17(9-13)26-19(22-16)23-18(25)8-12-10-20-15-5-3-2-4-14(12)15/h2-7,9-10,20H,8H2,1H3,(H,21,24)(H,22,23,25). The zero-order chi connectivity index (χ0) is 18.1. The van der Waals surface area contributed by atoms with E-state index in [0.29, 0.717) is 10.8 Å². The molecule has 4 aromatic rings. The summed E-state index contributed by atoms with van der Waals surface area (Å²) in [6.45, 7) is 1.47. The summed E-state index contributed by atoms with van der Waals surface area (Å²) in [5.74, 6) is -0.239. The fourth-order valence-corrected chi connectivity index (χ4v) is 3.79. The van der Waals surface area contributed by atoms with Crippen molar-refractivity contribution in [1.82, 2.24) is 9.97 Å². The lowest BCUT2D eigenvalue weighted by Gasteiger charge is -2.00. The quantitative estimate of drug-likeness (QED) is 0.513. The van der Waals surface area contributed by atoms with Crippen molar-refractivity contribution in [1.29, 1.82) is 0 Å². The molecule has 0 radical (unpaired) electrons. The van der Waals surface area contributed by atoms with Crippen LogP contribution in [0.1, 0.15) is 12.5 Å². The number of rotatable bonds is 4. The van der Waals surface area contributed by atoms with Gasteiger partial charge in [0.1, 0.15) is 0 Å². The number of para-hydroxylation sites is 1. The second-order valence-corrected chi connectivity index (χ2v) is 7.00. The second kappa shape index (κ2) is 6.61. The summed E-state index contributed by atoms with van der Waals surface area (Å²) in [7, 11) is 0. The van der Waals surface area contributed by atoms with Gasteiger partial charge in [0.05, 0.1) is 16.6 Å². The van der Waals surface area contributed by atoms with Gasteiger partial charge in [0, 0.05) is 29.7 Å². The van der Waals surface area contributed by atoms with E-state index in [1.807, 2.05) is 42.6 Å². The molecule has 0 saturated heterocycles. The number of thiazole rings is 1. The lowest BCUT2D eigenvalue weighted by Crippen LogP contribution is -2.13. The van der Waals surface area contributed by atoms with Crippen molar-refractivity contribution in [3.8, 4) is 0 Å². The first-order chi connectivity index (χ1) is 12.6. The molecule has 0 aliphatic rings. The van der Waals surface area contributed by atoms with Crippen LogP contribution in [0.25, 0.3) is 21.1 Å². The molecule has 2 aromatic carbocycles. The smallest absolute Gasteiger partial charge is 0.230 e. The number of fused-ring (bicyclic) bond motifs is 2. The molecule has 2 amide bonds. The summed E-state index contributed by atoms with van der Waals surface area (Å²) in [6, 6.07) is 13.4. The van der Waals surface area contributed by atoms with E-state index in [0.717, 1.165) is 26.7 Å². The third-order valence-electron chi connectivity index (χ3n) is 3.98. The first-order valence-corrected chi connectivity index (χ1v) is 8.93. The van der Waals surface area contributed by atoms with Crippen molar-refractivity contribution in [3.63, 3.8) is 0 Å². The van der Waals surface area contributed by atoms with Gasteiger partial charge in [-0.2, -0.15) is 0 Å². The fourth-order valence-electron chi connectivity index (χ4n) is 2.87. The van der Waals surface area contributed by atoms with E-state index in [-0.39, 0.29) is 18.2 Å². The number of nitrogens with zero attached hydrogens (tertiary/aromatic N) is 1. The molecule has 2 heterocycles. The maximum absolute atomic E-state index is 12.4. The predicted molar refractivity (Wildman–Crippen MR) is 105 cm³/mol. The predicted octanol–water partition coefficient (Wildman–Crippen LogP) is 3.92. The molecule has 2 aromatic heterocycles. The number of benzene rings is 2. The molecular formula is C19H16N4O2S. The van der Waals surface area contributed by atoms with Gasteiger partial charge in [-0.15, -0.1) is 0 Å². The van der Waals surface area contributed by atoms with Crippen molar-refractivity contribution in [2.75, 3.05) is 10.6 Å². The average Bonchev–Trinajstić information content (AvgIpc) is 3.18. The van der Waals surface area contributed by atoms with Crippen LogP contribution in [0.5, 0.6) is 0 Å². The van der Waals surface area contributed by atoms with E-state index in [2.05, 4.69) is 20.6 Å². The van der Waals surface area contributed by atoms with Crippen molar-refractivity contribution in [2.24, 2.45) is 0 Å². The van der Waals surface area contributed by atoms with Crippen LogP contribution in [0.3, 0.4) is 0 Å². The number of H-pyrrole nitrogens is 1. The molecule has 0 atom stereocenters. The summed E-state index contributed by atoms with van der Waals surface area (Å²) < 4.78 is 0.902. The SMILES string of the molecule is CC(=O)Nc1ccc2nc(NC(=O)Cc3c[nH]c4ccccc34)sc2c1. The molecule has 0 saturated carbocycles. The largest absolute Gasteiger partial charge is 0.361 e. The van der Waals surface area contributed by atoms with E-state index in [4.69, 9.17) is 0 Å². The van der Waals surface area contributed by atoms with E-state index in [1.165, 1.54) is 18.3 Å². The van der Waals surface area contributed by atoms with Crippen molar-refractivity contribution in [3.05, 3.63) is 54.2 Å². The molecule has 130 valence electrons. The number of anilines is 2. The minimum atomic E-state index is -0.124. The highest BCUT2D eigenvalue weighted by atomic mass is 32.1. The molecule has 6 nitrogen and oxygen atoms in total. The van der Waals surface area contributed by atoms with Gasteiger partial charge in [0.15, 0.2) is 5.13 Å². The number of aromatic nitrogens is 2. The number of amides is 2. The second-order valence-electron chi connectivity index (χ2n) is 5.97. The highest BCUT2D eigenvalue weighted by molar-refractivity contribution is 7.22. The number of hydrogen-bond donors (Lipinski definition) is 3. The Morgan fingerprint density at radius 2 is 2.00 bits per heavy atom. The van der Waals surface area contributed by atoms with Gasteiger partial charge in [-0.1, -0.05) is 29.5 Å². The normalized spacial score (nSPS) is 11.0. The molecule has 26 heavy (non-hydrogen) atoms. The zero-order valence-corrected chi connectivity index (χ0v) is 14.8. The Balaban J connectivity index is 1.51. The Kier molecular flexibility index (Phi) is 4.14. The average molecular weight is 364 g/mol. The van der Waals surface area contributed by atoms with Gasteiger partial charge in [-0.25, -0.2) is 4.98 Å². The van der Waals surface area contributed by atoms with Crippen LogP contribution in [0.15, 0.2) is 48.7 Å². The monoisotopic (exact) mass is 364 g/mol. The zero-order valence-electron chi connectivity index (χ0n) is 14.0. The molecular weight excluding hydrogens is 348 g/mol. The lowest BCUT2D eigenvalue weighted by atomic mass is 10.1. The highest BCUT2D eigenvalue weighted by Gasteiger charge is 2.12. The summed E-state index contributed by atoms with van der Waals surface area (Å²) in [6.07, 6.45) is 2.14. The van der Waals surface area contributed by atoms with Gasteiger partial charge in [-0.05, 0) is 29.8 Å². The Morgan fingerprint density at radius 1 is 1.15 bits per heavy atom. The molecule has 0 spiro atoms. The number of carbonyl (C=O) groups is 2.